The molecule has 3 rings (SSSR count). The Morgan fingerprint density at radius 1 is 1.13 bits per heavy atom. The summed E-state index contributed by atoms with van der Waals surface area (Å²) in [5.74, 6) is -1.24. The Balaban J connectivity index is 2.01. The van der Waals surface area contributed by atoms with E-state index in [1.54, 1.807) is 42.5 Å². The number of nitrogens with zero attached hydrogens (tertiary/aromatic N) is 1. The zero-order chi connectivity index (χ0) is 22.5. The standard InChI is InChI=1S/C23H16Cl2N2O3S/c1-13-19(15-4-3-5-18(25)11-15)20(23(29)30-2)22(31-13)27-21(28)16(12-26)10-14-6-8-17(24)9-7-14/h3-11H,1-2H3,(H,27,28)/b16-10+. The number of esters is 1. The number of rotatable bonds is 5. The molecule has 5 nitrogen and oxygen atoms in total. The average molecular weight is 471 g/mol. The number of thiophene rings is 1. The first kappa shape index (κ1) is 22.6. The van der Waals surface area contributed by atoms with Gasteiger partial charge in [0.2, 0.25) is 0 Å². The highest BCUT2D eigenvalue weighted by atomic mass is 35.5. The van der Waals surface area contributed by atoms with Crippen LogP contribution < -0.4 is 5.32 Å². The number of amides is 1. The van der Waals surface area contributed by atoms with E-state index < -0.39 is 11.9 Å². The summed E-state index contributed by atoms with van der Waals surface area (Å²) in [7, 11) is 1.27. The fourth-order valence-corrected chi connectivity index (χ4v) is 4.34. The number of benzene rings is 2. The number of aryl methyl sites for hydroxylation is 1. The van der Waals surface area contributed by atoms with Gasteiger partial charge < -0.3 is 10.1 Å². The van der Waals surface area contributed by atoms with E-state index in [-0.39, 0.29) is 11.1 Å². The van der Waals surface area contributed by atoms with E-state index in [0.717, 1.165) is 10.4 Å². The highest BCUT2D eigenvalue weighted by Crippen LogP contribution is 2.41. The van der Waals surface area contributed by atoms with Gasteiger partial charge in [0.05, 0.1) is 7.11 Å². The second-order valence-corrected chi connectivity index (χ2v) is 8.51. The van der Waals surface area contributed by atoms with E-state index in [1.165, 1.54) is 24.5 Å². The Morgan fingerprint density at radius 2 is 1.84 bits per heavy atom. The molecule has 0 saturated heterocycles. The second-order valence-electron chi connectivity index (χ2n) is 6.41. The molecule has 0 atom stereocenters. The quantitative estimate of drug-likeness (QED) is 0.267. The van der Waals surface area contributed by atoms with E-state index in [1.807, 2.05) is 19.1 Å². The van der Waals surface area contributed by atoms with Gasteiger partial charge in [-0.05, 0) is 48.4 Å². The number of carbonyl (C=O) groups is 2. The van der Waals surface area contributed by atoms with Gasteiger partial charge in [-0.3, -0.25) is 4.79 Å². The maximum absolute atomic E-state index is 12.8. The van der Waals surface area contributed by atoms with Crippen molar-refractivity contribution in [1.82, 2.24) is 0 Å². The summed E-state index contributed by atoms with van der Waals surface area (Å²) in [6.07, 6.45) is 1.45. The van der Waals surface area contributed by atoms with Crippen molar-refractivity contribution in [3.63, 3.8) is 0 Å². The molecular weight excluding hydrogens is 455 g/mol. The van der Waals surface area contributed by atoms with Gasteiger partial charge in [-0.15, -0.1) is 11.3 Å². The number of hydrogen-bond donors (Lipinski definition) is 1. The third kappa shape index (κ3) is 5.15. The number of anilines is 1. The second kappa shape index (κ2) is 9.80. The molecule has 3 aromatic rings. The molecule has 0 radical (unpaired) electrons. The Labute approximate surface area is 193 Å². The lowest BCUT2D eigenvalue weighted by molar-refractivity contribution is -0.112. The molecular formula is C23H16Cl2N2O3S. The van der Waals surface area contributed by atoms with Gasteiger partial charge in [0.25, 0.3) is 5.91 Å². The van der Waals surface area contributed by atoms with Crippen LogP contribution in [0.25, 0.3) is 17.2 Å². The Hall–Kier alpha value is -3.11. The summed E-state index contributed by atoms with van der Waals surface area (Å²) in [5.41, 5.74) is 2.08. The molecule has 0 spiro atoms. The normalized spacial score (nSPS) is 11.0. The molecule has 0 aliphatic rings. The van der Waals surface area contributed by atoms with Crippen LogP contribution in [-0.4, -0.2) is 19.0 Å². The van der Waals surface area contributed by atoms with E-state index in [0.29, 0.717) is 26.2 Å². The van der Waals surface area contributed by atoms with Gasteiger partial charge >= 0.3 is 5.97 Å². The summed E-state index contributed by atoms with van der Waals surface area (Å²) < 4.78 is 4.95. The topological polar surface area (TPSA) is 79.2 Å². The molecule has 0 bridgehead atoms. The van der Waals surface area contributed by atoms with Crippen LogP contribution in [0.1, 0.15) is 20.8 Å². The van der Waals surface area contributed by atoms with Crippen LogP contribution in [0.2, 0.25) is 10.0 Å². The van der Waals surface area contributed by atoms with Gasteiger partial charge in [-0.25, -0.2) is 4.79 Å². The minimum atomic E-state index is -0.638. The summed E-state index contributed by atoms with van der Waals surface area (Å²) in [6, 6.07) is 15.7. The predicted octanol–water partition coefficient (Wildman–Crippen LogP) is 6.36. The van der Waals surface area contributed by atoms with E-state index in [2.05, 4.69) is 5.32 Å². The lowest BCUT2D eigenvalue weighted by Crippen LogP contribution is -2.15. The van der Waals surface area contributed by atoms with E-state index in [4.69, 9.17) is 27.9 Å². The molecule has 156 valence electrons. The molecule has 1 aromatic heterocycles. The third-order valence-electron chi connectivity index (χ3n) is 4.36. The number of nitriles is 1. The fraction of sp³-hybridized carbons (Fsp3) is 0.0870. The number of halogens is 2. The number of carbonyl (C=O) groups excluding carboxylic acids is 2. The van der Waals surface area contributed by atoms with Crippen LogP contribution in [0.3, 0.4) is 0 Å². The number of nitrogens with one attached hydrogen (secondary N) is 1. The van der Waals surface area contributed by atoms with Crippen molar-refractivity contribution in [2.75, 3.05) is 12.4 Å². The van der Waals surface area contributed by atoms with Crippen molar-refractivity contribution in [1.29, 1.82) is 5.26 Å². The first-order valence-corrected chi connectivity index (χ1v) is 10.6. The van der Waals surface area contributed by atoms with Crippen molar-refractivity contribution < 1.29 is 14.3 Å². The number of hydrogen-bond acceptors (Lipinski definition) is 5. The Morgan fingerprint density at radius 3 is 2.45 bits per heavy atom. The molecule has 2 aromatic carbocycles. The van der Waals surface area contributed by atoms with Crippen LogP contribution in [-0.2, 0) is 9.53 Å². The summed E-state index contributed by atoms with van der Waals surface area (Å²) in [4.78, 5) is 26.2. The zero-order valence-electron chi connectivity index (χ0n) is 16.5. The van der Waals surface area contributed by atoms with Gasteiger partial charge in [-0.1, -0.05) is 47.5 Å². The maximum Gasteiger partial charge on any atom is 0.341 e. The lowest BCUT2D eigenvalue weighted by atomic mass is 10.0. The molecule has 0 aliphatic carbocycles. The monoisotopic (exact) mass is 470 g/mol. The summed E-state index contributed by atoms with van der Waals surface area (Å²) in [5, 5.41) is 13.5. The molecule has 1 amide bonds. The molecule has 0 saturated carbocycles. The van der Waals surface area contributed by atoms with Crippen LogP contribution in [0.4, 0.5) is 5.00 Å². The van der Waals surface area contributed by atoms with E-state index >= 15 is 0 Å². The lowest BCUT2D eigenvalue weighted by Gasteiger charge is -2.08. The van der Waals surface area contributed by atoms with Crippen LogP contribution in [0.5, 0.6) is 0 Å². The van der Waals surface area contributed by atoms with Crippen molar-refractivity contribution in [2.24, 2.45) is 0 Å². The SMILES string of the molecule is COC(=O)c1c(NC(=O)/C(C#N)=C/c2ccc(Cl)cc2)sc(C)c1-c1cccc(Cl)c1. The van der Waals surface area contributed by atoms with Crippen molar-refractivity contribution >= 4 is 57.5 Å². The van der Waals surface area contributed by atoms with Crippen molar-refractivity contribution in [3.8, 4) is 17.2 Å². The number of ether oxygens (including phenoxy) is 1. The van der Waals surface area contributed by atoms with Crippen LogP contribution in [0.15, 0.2) is 54.1 Å². The van der Waals surface area contributed by atoms with Crippen LogP contribution in [0, 0.1) is 18.3 Å². The van der Waals surface area contributed by atoms with Gasteiger partial charge in [-0.2, -0.15) is 5.26 Å². The van der Waals surface area contributed by atoms with Gasteiger partial charge in [0.1, 0.15) is 22.2 Å². The Bertz CT molecular complexity index is 1220. The molecule has 0 fully saturated rings. The predicted molar refractivity (Wildman–Crippen MR) is 125 cm³/mol. The fourth-order valence-electron chi connectivity index (χ4n) is 2.97. The molecule has 8 heteroatoms. The van der Waals surface area contributed by atoms with E-state index in [9.17, 15) is 14.9 Å². The minimum Gasteiger partial charge on any atom is -0.465 e. The third-order valence-corrected chi connectivity index (χ3v) is 5.87. The smallest absolute Gasteiger partial charge is 0.341 e. The maximum atomic E-state index is 12.8. The molecule has 0 aliphatic heterocycles. The first-order chi connectivity index (χ1) is 14.8. The summed E-state index contributed by atoms with van der Waals surface area (Å²) >= 11 is 13.2. The molecule has 1 N–H and O–H groups in total. The first-order valence-electron chi connectivity index (χ1n) is 9.00. The molecule has 0 unspecified atom stereocenters. The largest absolute Gasteiger partial charge is 0.465 e. The van der Waals surface area contributed by atoms with Crippen molar-refractivity contribution in [2.45, 2.75) is 6.92 Å². The number of methoxy groups -OCH3 is 1. The van der Waals surface area contributed by atoms with Crippen molar-refractivity contribution in [3.05, 3.63) is 80.2 Å². The van der Waals surface area contributed by atoms with Gasteiger partial charge in [0.15, 0.2) is 0 Å². The Kier molecular flexibility index (Phi) is 7.13. The van der Waals surface area contributed by atoms with Gasteiger partial charge in [0, 0.05) is 20.5 Å². The minimum absolute atomic E-state index is 0.117. The summed E-state index contributed by atoms with van der Waals surface area (Å²) in [6.45, 7) is 1.83. The average Bonchev–Trinajstić information content (AvgIpc) is 3.08. The zero-order valence-corrected chi connectivity index (χ0v) is 18.9. The molecule has 31 heavy (non-hydrogen) atoms. The van der Waals surface area contributed by atoms with Crippen LogP contribution >= 0.6 is 34.5 Å². The molecule has 1 heterocycles. The highest BCUT2D eigenvalue weighted by molar-refractivity contribution is 7.17. The highest BCUT2D eigenvalue weighted by Gasteiger charge is 2.26.